The minimum Gasteiger partial charge on any atom is -0.211 e. The molecule has 0 aromatic heterocycles. The third kappa shape index (κ3) is 7.20. The molecule has 0 heterocycles. The largest absolute Gasteiger partial charge is 0.240 e. The van der Waals surface area contributed by atoms with Crippen molar-refractivity contribution in [1.29, 1.82) is 0 Å². The Kier molecular flexibility index (Phi) is 9.58. The van der Waals surface area contributed by atoms with Crippen LogP contribution in [-0.2, 0) is 19.2 Å². The number of benzene rings is 4. The average molecular weight is 501 g/mol. The second-order valence-corrected chi connectivity index (χ2v) is 7.91. The molecule has 0 amide bonds. The Labute approximate surface area is 218 Å². The summed E-state index contributed by atoms with van der Waals surface area (Å²) in [5, 5.41) is 0. The molecule has 0 aliphatic rings. The van der Waals surface area contributed by atoms with Gasteiger partial charge in [0, 0.05) is 0 Å². The molecule has 8 heteroatoms. The van der Waals surface area contributed by atoms with E-state index in [0.29, 0.717) is 22.7 Å². The Morgan fingerprint density at radius 2 is 0.737 bits per heavy atom. The topological polar surface area (TPSA) is 118 Å². The second kappa shape index (κ2) is 13.5. The van der Waals surface area contributed by atoms with Gasteiger partial charge in [-0.15, -0.1) is 0 Å². The molecule has 0 bridgehead atoms. The molecular formula is C30H20N4O4. The van der Waals surface area contributed by atoms with Crippen LogP contribution < -0.4 is 0 Å². The van der Waals surface area contributed by atoms with Crippen LogP contribution in [0.3, 0.4) is 0 Å². The van der Waals surface area contributed by atoms with E-state index < -0.39 is 0 Å². The van der Waals surface area contributed by atoms with E-state index in [-0.39, 0.29) is 0 Å². The summed E-state index contributed by atoms with van der Waals surface area (Å²) in [6.07, 6.45) is 6.06. The number of hydrogen-bond acceptors (Lipinski definition) is 8. The summed E-state index contributed by atoms with van der Waals surface area (Å²) in [5.41, 5.74) is 8.16. The molecule has 0 spiro atoms. The maximum atomic E-state index is 10.3. The van der Waals surface area contributed by atoms with Crippen molar-refractivity contribution in [3.05, 3.63) is 96.1 Å². The van der Waals surface area contributed by atoms with Crippen molar-refractivity contribution in [1.82, 2.24) is 0 Å². The van der Waals surface area contributed by atoms with Gasteiger partial charge in [0.15, 0.2) is 0 Å². The third-order valence-corrected chi connectivity index (χ3v) is 5.48. The van der Waals surface area contributed by atoms with Gasteiger partial charge in [-0.25, -0.2) is 19.2 Å². The van der Waals surface area contributed by atoms with Crippen LogP contribution in [0.15, 0.2) is 105 Å². The molecule has 184 valence electrons. The van der Waals surface area contributed by atoms with E-state index in [9.17, 15) is 19.2 Å². The number of aliphatic imine (C=N–C) groups is 4. The Balaban J connectivity index is 0.000000212. The molecule has 0 N–H and O–H groups in total. The maximum absolute atomic E-state index is 10.3. The quantitative estimate of drug-likeness (QED) is 0.205. The predicted octanol–water partition coefficient (Wildman–Crippen LogP) is 7.19. The van der Waals surface area contributed by atoms with Crippen LogP contribution in [0.2, 0.25) is 0 Å². The Morgan fingerprint density at radius 1 is 0.421 bits per heavy atom. The average Bonchev–Trinajstić information content (AvgIpc) is 2.93. The van der Waals surface area contributed by atoms with Gasteiger partial charge in [0.1, 0.15) is 0 Å². The maximum Gasteiger partial charge on any atom is 0.240 e. The van der Waals surface area contributed by atoms with Gasteiger partial charge >= 0.3 is 0 Å². The molecule has 0 atom stereocenters. The molecule has 8 nitrogen and oxygen atoms in total. The van der Waals surface area contributed by atoms with Gasteiger partial charge in [-0.05, 0) is 95.8 Å². The molecular weight excluding hydrogens is 480 g/mol. The Hall–Kier alpha value is -5.60. The summed E-state index contributed by atoms with van der Waals surface area (Å²) in [5.74, 6) is 0. The summed E-state index contributed by atoms with van der Waals surface area (Å²) >= 11 is 0. The zero-order valence-electron chi connectivity index (χ0n) is 20.5. The standard InChI is InChI=1S/C16H12N2O2.C14H8N2O2/c1-11-7-13(3-5-15(11)17-9-19)14-4-6-16(18-10-20)12(2)8-14;17-9-15-13-5-1-11(2-6-13)12-3-7-14(8-4-12)16-10-18/h3-8H,1-2H3;1-8H. The van der Waals surface area contributed by atoms with E-state index in [1.54, 1.807) is 48.6 Å². The van der Waals surface area contributed by atoms with Crippen LogP contribution in [0.5, 0.6) is 0 Å². The lowest BCUT2D eigenvalue weighted by Gasteiger charge is -2.07. The Morgan fingerprint density at radius 3 is 1.03 bits per heavy atom. The van der Waals surface area contributed by atoms with Crippen molar-refractivity contribution < 1.29 is 19.2 Å². The SMILES string of the molecule is Cc1cc(-c2ccc(N=C=O)c(C)c2)ccc1N=C=O.O=C=Nc1ccc(-c2ccc(N=C=O)cc2)cc1. The number of nitrogens with zero attached hydrogens (tertiary/aromatic N) is 4. The highest BCUT2D eigenvalue weighted by Gasteiger charge is 2.04. The highest BCUT2D eigenvalue weighted by molar-refractivity contribution is 5.71. The van der Waals surface area contributed by atoms with Gasteiger partial charge in [0.2, 0.25) is 24.3 Å². The second-order valence-electron chi connectivity index (χ2n) is 7.91. The molecule has 38 heavy (non-hydrogen) atoms. The summed E-state index contributed by atoms with van der Waals surface area (Å²) in [6.45, 7) is 3.77. The first-order chi connectivity index (χ1) is 18.5. The normalized spacial score (nSPS) is 9.32. The van der Waals surface area contributed by atoms with Gasteiger partial charge < -0.3 is 0 Å². The van der Waals surface area contributed by atoms with Crippen LogP contribution in [0.25, 0.3) is 22.3 Å². The van der Waals surface area contributed by atoms with Gasteiger partial charge in [-0.1, -0.05) is 36.4 Å². The van der Waals surface area contributed by atoms with Crippen LogP contribution in [0, 0.1) is 13.8 Å². The summed E-state index contributed by atoms with van der Waals surface area (Å²) in [7, 11) is 0. The molecule has 0 saturated heterocycles. The fourth-order valence-corrected chi connectivity index (χ4v) is 3.58. The van der Waals surface area contributed by atoms with E-state index in [0.717, 1.165) is 33.4 Å². The minimum absolute atomic E-state index is 0.566. The van der Waals surface area contributed by atoms with Gasteiger partial charge in [0.25, 0.3) is 0 Å². The predicted molar refractivity (Wildman–Crippen MR) is 144 cm³/mol. The number of rotatable bonds is 6. The molecule has 0 aliphatic heterocycles. The molecule has 0 radical (unpaired) electrons. The fraction of sp³-hybridized carbons (Fsp3) is 0.0667. The van der Waals surface area contributed by atoms with E-state index in [1.165, 1.54) is 12.2 Å². The van der Waals surface area contributed by atoms with Crippen molar-refractivity contribution in [2.45, 2.75) is 13.8 Å². The first-order valence-electron chi connectivity index (χ1n) is 11.2. The molecule has 4 rings (SSSR count). The van der Waals surface area contributed by atoms with Crippen LogP contribution >= 0.6 is 0 Å². The smallest absolute Gasteiger partial charge is 0.211 e. The molecule has 0 saturated carbocycles. The van der Waals surface area contributed by atoms with E-state index >= 15 is 0 Å². The van der Waals surface area contributed by atoms with Crippen molar-refractivity contribution >= 4 is 47.1 Å². The number of hydrogen-bond donors (Lipinski definition) is 0. The minimum atomic E-state index is 0.566. The van der Waals surface area contributed by atoms with Gasteiger partial charge in [-0.2, -0.15) is 20.0 Å². The number of aryl methyl sites for hydroxylation is 2. The lowest BCUT2D eigenvalue weighted by molar-refractivity contribution is 0.564. The van der Waals surface area contributed by atoms with Crippen LogP contribution in [0.1, 0.15) is 11.1 Å². The third-order valence-electron chi connectivity index (χ3n) is 5.48. The van der Waals surface area contributed by atoms with Crippen molar-refractivity contribution in [3.63, 3.8) is 0 Å². The highest BCUT2D eigenvalue weighted by Crippen LogP contribution is 2.29. The molecule has 4 aromatic carbocycles. The van der Waals surface area contributed by atoms with Crippen molar-refractivity contribution in [3.8, 4) is 22.3 Å². The van der Waals surface area contributed by atoms with Gasteiger partial charge in [-0.3, -0.25) is 0 Å². The zero-order valence-corrected chi connectivity index (χ0v) is 20.5. The summed E-state index contributed by atoms with van der Waals surface area (Å²) < 4.78 is 0. The van der Waals surface area contributed by atoms with E-state index in [4.69, 9.17) is 0 Å². The molecule has 0 unspecified atom stereocenters. The first-order valence-corrected chi connectivity index (χ1v) is 11.2. The van der Waals surface area contributed by atoms with E-state index in [1.807, 2.05) is 62.4 Å². The van der Waals surface area contributed by atoms with Crippen LogP contribution in [-0.4, -0.2) is 24.3 Å². The monoisotopic (exact) mass is 500 g/mol. The van der Waals surface area contributed by atoms with Crippen LogP contribution in [0.4, 0.5) is 22.7 Å². The first kappa shape index (κ1) is 27.0. The fourth-order valence-electron chi connectivity index (χ4n) is 3.58. The molecule has 0 aliphatic carbocycles. The lowest BCUT2D eigenvalue weighted by Crippen LogP contribution is -1.83. The highest BCUT2D eigenvalue weighted by atomic mass is 16.1. The zero-order chi connectivity index (χ0) is 27.3. The van der Waals surface area contributed by atoms with E-state index in [2.05, 4.69) is 20.0 Å². The molecule has 0 fully saturated rings. The molecule has 4 aromatic rings. The lowest BCUT2D eigenvalue weighted by atomic mass is 10.00. The summed E-state index contributed by atoms with van der Waals surface area (Å²) in [6, 6.07) is 25.6. The summed E-state index contributed by atoms with van der Waals surface area (Å²) in [4.78, 5) is 55.1. The van der Waals surface area contributed by atoms with Gasteiger partial charge in [0.05, 0.1) is 22.7 Å². The Bertz CT molecular complexity index is 1510. The van der Waals surface area contributed by atoms with Crippen molar-refractivity contribution in [2.75, 3.05) is 0 Å². The number of carbonyl (C=O) groups excluding carboxylic acids is 4. The number of isocyanates is 4. The van der Waals surface area contributed by atoms with Crippen molar-refractivity contribution in [2.24, 2.45) is 20.0 Å².